The molecule has 0 bridgehead atoms. The second-order valence-corrected chi connectivity index (χ2v) is 5.19. The molecule has 2 rings (SSSR count). The van der Waals surface area contributed by atoms with E-state index in [1.54, 1.807) is 6.07 Å². The first-order valence-electron chi connectivity index (χ1n) is 5.14. The van der Waals surface area contributed by atoms with Crippen molar-refractivity contribution < 1.29 is 9.21 Å². The summed E-state index contributed by atoms with van der Waals surface area (Å²) in [7, 11) is 0. The van der Waals surface area contributed by atoms with Gasteiger partial charge in [0, 0.05) is 11.4 Å². The number of halogens is 1. The van der Waals surface area contributed by atoms with Crippen LogP contribution in [0, 0.1) is 12.8 Å². The molecule has 1 N–H and O–H groups in total. The summed E-state index contributed by atoms with van der Waals surface area (Å²) in [4.78, 5) is 12.0. The Bertz CT molecular complexity index is 357. The van der Waals surface area contributed by atoms with Crippen molar-refractivity contribution in [2.75, 3.05) is 6.54 Å². The van der Waals surface area contributed by atoms with Crippen molar-refractivity contribution in [3.05, 3.63) is 23.7 Å². The lowest BCUT2D eigenvalue weighted by Crippen LogP contribution is -2.30. The van der Waals surface area contributed by atoms with Gasteiger partial charge in [-0.05, 0) is 31.7 Å². The van der Waals surface area contributed by atoms with Gasteiger partial charge in [0.1, 0.15) is 12.0 Å². The first kappa shape index (κ1) is 10.7. The summed E-state index contributed by atoms with van der Waals surface area (Å²) in [6.07, 6.45) is 4.04. The number of rotatable bonds is 4. The van der Waals surface area contributed by atoms with Crippen molar-refractivity contribution in [1.29, 1.82) is 0 Å². The molecule has 0 aromatic carbocycles. The largest absolute Gasteiger partial charge is 0.469 e. The lowest BCUT2D eigenvalue weighted by atomic mass is 10.2. The third-order valence-corrected chi connectivity index (χ3v) is 3.66. The lowest BCUT2D eigenvalue weighted by molar-refractivity contribution is 0.0953. The van der Waals surface area contributed by atoms with Crippen LogP contribution in [-0.2, 0) is 0 Å². The highest BCUT2D eigenvalue weighted by Crippen LogP contribution is 2.36. The van der Waals surface area contributed by atoms with Gasteiger partial charge < -0.3 is 9.73 Å². The van der Waals surface area contributed by atoms with E-state index in [0.717, 1.165) is 11.7 Å². The van der Waals surface area contributed by atoms with E-state index in [1.165, 1.54) is 19.1 Å². The Kier molecular flexibility index (Phi) is 3.14. The van der Waals surface area contributed by atoms with Crippen LogP contribution >= 0.6 is 15.9 Å². The summed E-state index contributed by atoms with van der Waals surface area (Å²) in [5, 5.41) is 2.89. The van der Waals surface area contributed by atoms with Crippen molar-refractivity contribution in [3.8, 4) is 0 Å². The molecule has 0 spiro atoms. The summed E-state index contributed by atoms with van der Waals surface area (Å²) >= 11 is 3.57. The number of hydrogen-bond donors (Lipinski definition) is 1. The minimum atomic E-state index is -0.0584. The minimum absolute atomic E-state index is 0.0584. The van der Waals surface area contributed by atoms with Crippen LogP contribution in [0.25, 0.3) is 0 Å². The van der Waals surface area contributed by atoms with Gasteiger partial charge in [0.15, 0.2) is 0 Å². The quantitative estimate of drug-likeness (QED) is 0.856. The summed E-state index contributed by atoms with van der Waals surface area (Å²) < 4.78 is 5.08. The zero-order valence-electron chi connectivity index (χ0n) is 8.63. The van der Waals surface area contributed by atoms with Crippen molar-refractivity contribution in [2.45, 2.75) is 24.6 Å². The predicted molar refractivity (Wildman–Crippen MR) is 61.2 cm³/mol. The highest BCUT2D eigenvalue weighted by molar-refractivity contribution is 9.09. The van der Waals surface area contributed by atoms with E-state index in [9.17, 15) is 4.79 Å². The van der Waals surface area contributed by atoms with Crippen LogP contribution in [0.1, 0.15) is 29.0 Å². The van der Waals surface area contributed by atoms with E-state index in [2.05, 4.69) is 21.2 Å². The Labute approximate surface area is 97.4 Å². The third-order valence-electron chi connectivity index (χ3n) is 2.58. The number of amides is 1. The Morgan fingerprint density at radius 3 is 3.00 bits per heavy atom. The van der Waals surface area contributed by atoms with E-state index in [4.69, 9.17) is 4.42 Å². The maximum atomic E-state index is 11.6. The van der Waals surface area contributed by atoms with E-state index >= 15 is 0 Å². The van der Waals surface area contributed by atoms with Crippen molar-refractivity contribution >= 4 is 21.8 Å². The van der Waals surface area contributed by atoms with Crippen LogP contribution in [-0.4, -0.2) is 17.3 Å². The van der Waals surface area contributed by atoms with E-state index in [0.29, 0.717) is 16.9 Å². The molecule has 15 heavy (non-hydrogen) atoms. The number of hydrogen-bond acceptors (Lipinski definition) is 2. The molecule has 1 aromatic rings. The molecule has 1 aliphatic rings. The molecule has 3 nitrogen and oxygen atoms in total. The molecule has 1 unspecified atom stereocenters. The molecular formula is C11H14BrNO2. The standard InChI is InChI=1S/C11H14BrNO2/c1-7-4-9(6-15-7)11(14)13-5-10(12)8-2-3-8/h4,6,8,10H,2-3,5H2,1H3,(H,13,14). The summed E-state index contributed by atoms with van der Waals surface area (Å²) in [5.74, 6) is 1.45. The van der Waals surface area contributed by atoms with Crippen LogP contribution in [0.15, 0.2) is 16.7 Å². The normalized spacial score (nSPS) is 17.5. The Morgan fingerprint density at radius 2 is 2.47 bits per heavy atom. The number of alkyl halides is 1. The molecule has 1 aromatic heterocycles. The van der Waals surface area contributed by atoms with Gasteiger partial charge in [-0.3, -0.25) is 4.79 Å². The topological polar surface area (TPSA) is 42.2 Å². The van der Waals surface area contributed by atoms with Gasteiger partial charge in [0.2, 0.25) is 0 Å². The molecule has 1 amide bonds. The molecule has 1 saturated carbocycles. The summed E-state index contributed by atoms with van der Waals surface area (Å²) in [5.41, 5.74) is 0.600. The van der Waals surface area contributed by atoms with Gasteiger partial charge >= 0.3 is 0 Å². The second kappa shape index (κ2) is 4.39. The average molecular weight is 272 g/mol. The predicted octanol–water partition coefficient (Wildman–Crippen LogP) is 2.49. The highest BCUT2D eigenvalue weighted by Gasteiger charge is 2.29. The SMILES string of the molecule is Cc1cc(C(=O)NCC(Br)C2CC2)co1. The van der Waals surface area contributed by atoms with Crippen LogP contribution in [0.4, 0.5) is 0 Å². The monoisotopic (exact) mass is 271 g/mol. The number of carbonyl (C=O) groups excluding carboxylic acids is 1. The fourth-order valence-electron chi connectivity index (χ4n) is 1.48. The third kappa shape index (κ3) is 2.84. The molecule has 1 aliphatic carbocycles. The van der Waals surface area contributed by atoms with Gasteiger partial charge in [0.05, 0.1) is 5.56 Å². The molecule has 0 radical (unpaired) electrons. The molecule has 1 atom stereocenters. The highest BCUT2D eigenvalue weighted by atomic mass is 79.9. The van der Waals surface area contributed by atoms with Gasteiger partial charge in [-0.2, -0.15) is 0 Å². The number of aryl methyl sites for hydroxylation is 1. The zero-order valence-corrected chi connectivity index (χ0v) is 10.2. The lowest BCUT2D eigenvalue weighted by Gasteiger charge is -2.08. The number of furan rings is 1. The zero-order chi connectivity index (χ0) is 10.8. The van der Waals surface area contributed by atoms with Gasteiger partial charge in [-0.15, -0.1) is 0 Å². The van der Waals surface area contributed by atoms with Gasteiger partial charge in [0.25, 0.3) is 5.91 Å². The van der Waals surface area contributed by atoms with Crippen molar-refractivity contribution in [3.63, 3.8) is 0 Å². The minimum Gasteiger partial charge on any atom is -0.469 e. The molecule has 0 aliphatic heterocycles. The Balaban J connectivity index is 1.81. The maximum absolute atomic E-state index is 11.6. The van der Waals surface area contributed by atoms with E-state index in [1.807, 2.05) is 6.92 Å². The van der Waals surface area contributed by atoms with Crippen molar-refractivity contribution in [2.24, 2.45) is 5.92 Å². The average Bonchev–Trinajstić information content (AvgIpc) is 2.97. The summed E-state index contributed by atoms with van der Waals surface area (Å²) in [6, 6.07) is 1.75. The molecule has 4 heteroatoms. The fourth-order valence-corrected chi connectivity index (χ4v) is 2.17. The van der Waals surface area contributed by atoms with Gasteiger partial charge in [-0.1, -0.05) is 15.9 Å². The molecule has 1 fully saturated rings. The maximum Gasteiger partial charge on any atom is 0.254 e. The van der Waals surface area contributed by atoms with E-state index < -0.39 is 0 Å². The summed E-state index contributed by atoms with van der Waals surface area (Å²) in [6.45, 7) is 2.52. The first-order chi connectivity index (χ1) is 7.16. The molecule has 82 valence electrons. The van der Waals surface area contributed by atoms with E-state index in [-0.39, 0.29) is 5.91 Å². The smallest absolute Gasteiger partial charge is 0.254 e. The Morgan fingerprint density at radius 1 is 1.73 bits per heavy atom. The molecule has 1 heterocycles. The van der Waals surface area contributed by atoms with Crippen LogP contribution < -0.4 is 5.32 Å². The molecular weight excluding hydrogens is 258 g/mol. The van der Waals surface area contributed by atoms with Crippen molar-refractivity contribution in [1.82, 2.24) is 5.32 Å². The van der Waals surface area contributed by atoms with Gasteiger partial charge in [-0.25, -0.2) is 0 Å². The Hall–Kier alpha value is -0.770. The molecule has 0 saturated heterocycles. The first-order valence-corrected chi connectivity index (χ1v) is 6.06. The fraction of sp³-hybridized carbons (Fsp3) is 0.545. The number of carbonyl (C=O) groups is 1. The second-order valence-electron chi connectivity index (χ2n) is 4.01. The van der Waals surface area contributed by atoms with Crippen LogP contribution in [0.2, 0.25) is 0 Å². The van der Waals surface area contributed by atoms with Crippen LogP contribution in [0.5, 0.6) is 0 Å². The van der Waals surface area contributed by atoms with Crippen LogP contribution in [0.3, 0.4) is 0 Å². The number of nitrogens with one attached hydrogen (secondary N) is 1.